The van der Waals surface area contributed by atoms with Crippen LogP contribution in [0.2, 0.25) is 5.02 Å². The number of morpholine rings is 1. The van der Waals surface area contributed by atoms with Crippen LogP contribution in [0.15, 0.2) is 34.1 Å². The lowest BCUT2D eigenvalue weighted by atomic mass is 9.92. The molecule has 1 aliphatic carbocycles. The maximum absolute atomic E-state index is 13.2. The number of hydrogen-bond acceptors (Lipinski definition) is 9. The third-order valence-electron chi connectivity index (χ3n) is 8.27. The number of fused-ring (bicyclic) bond motifs is 5. The van der Waals surface area contributed by atoms with E-state index < -0.39 is 0 Å². The van der Waals surface area contributed by atoms with Crippen LogP contribution in [0.5, 0.6) is 0 Å². The Balaban J connectivity index is 1.25. The number of aromatic nitrogens is 3. The number of aliphatic hydroxyl groups is 1. The fraction of sp³-hybridized carbons (Fsp3) is 0.519. The minimum absolute atomic E-state index is 0.0342. The highest BCUT2D eigenvalue weighted by atomic mass is 35.5. The number of nitrogens with zero attached hydrogens (tertiary/aromatic N) is 4. The van der Waals surface area contributed by atoms with Gasteiger partial charge in [0.05, 0.1) is 53.7 Å². The SMILES string of the molecule is Cn1c(=O)c2c(c3cc(Nc4nc(N5[C@@H]6COC[C@H]5CC(O)C6)ncc4Cl)ccc31)N[C@@H](C1CC1)CCS2. The van der Waals surface area contributed by atoms with Gasteiger partial charge in [0.2, 0.25) is 5.95 Å². The van der Waals surface area contributed by atoms with Crippen molar-refractivity contribution in [2.45, 2.75) is 61.2 Å². The van der Waals surface area contributed by atoms with Crippen LogP contribution in [-0.4, -0.2) is 62.8 Å². The molecule has 0 spiro atoms. The van der Waals surface area contributed by atoms with Crippen molar-refractivity contribution in [2.75, 3.05) is 34.5 Å². The lowest BCUT2D eigenvalue weighted by molar-refractivity contribution is 0.000353. The van der Waals surface area contributed by atoms with Crippen LogP contribution < -0.4 is 21.1 Å². The molecule has 3 fully saturated rings. The van der Waals surface area contributed by atoms with Gasteiger partial charge < -0.3 is 29.9 Å². The minimum atomic E-state index is -0.329. The molecular formula is C27H31ClN6O3S. The molecule has 0 radical (unpaired) electrons. The van der Waals surface area contributed by atoms with Crippen molar-refractivity contribution in [1.82, 2.24) is 14.5 Å². The van der Waals surface area contributed by atoms with Gasteiger partial charge >= 0.3 is 0 Å². The molecule has 7 rings (SSSR count). The highest BCUT2D eigenvalue weighted by Crippen LogP contribution is 2.43. The van der Waals surface area contributed by atoms with Gasteiger partial charge in [-0.3, -0.25) is 4.79 Å². The summed E-state index contributed by atoms with van der Waals surface area (Å²) in [6.45, 7) is 1.09. The van der Waals surface area contributed by atoms with Crippen molar-refractivity contribution < 1.29 is 9.84 Å². The first kappa shape index (κ1) is 24.5. The molecule has 5 heterocycles. The summed E-state index contributed by atoms with van der Waals surface area (Å²) >= 11 is 8.22. The van der Waals surface area contributed by atoms with Gasteiger partial charge in [-0.15, -0.1) is 11.8 Å². The zero-order chi connectivity index (χ0) is 26.0. The maximum Gasteiger partial charge on any atom is 0.266 e. The molecule has 9 nitrogen and oxygen atoms in total. The highest BCUT2D eigenvalue weighted by Gasteiger charge is 2.40. The van der Waals surface area contributed by atoms with Crippen LogP contribution in [-0.2, 0) is 11.8 Å². The average Bonchev–Trinajstić information content (AvgIpc) is 3.75. The van der Waals surface area contributed by atoms with Gasteiger partial charge in [0, 0.05) is 29.9 Å². The van der Waals surface area contributed by atoms with E-state index in [4.69, 9.17) is 21.3 Å². The average molecular weight is 555 g/mol. The van der Waals surface area contributed by atoms with Crippen LogP contribution in [0.1, 0.15) is 32.1 Å². The summed E-state index contributed by atoms with van der Waals surface area (Å²) in [5.74, 6) is 2.75. The number of ether oxygens (including phenoxy) is 1. The van der Waals surface area contributed by atoms with Gasteiger partial charge in [-0.1, -0.05) is 11.6 Å². The van der Waals surface area contributed by atoms with Crippen LogP contribution in [0.25, 0.3) is 10.9 Å². The zero-order valence-corrected chi connectivity index (χ0v) is 22.8. The number of nitrogens with one attached hydrogen (secondary N) is 2. The van der Waals surface area contributed by atoms with Crippen molar-refractivity contribution >= 4 is 57.4 Å². The molecule has 1 unspecified atom stereocenters. The number of aliphatic hydroxyl groups excluding tert-OH is 1. The number of hydrogen-bond donors (Lipinski definition) is 3. The molecule has 1 saturated carbocycles. The molecule has 200 valence electrons. The normalized spacial score (nSPS) is 27.0. The third-order valence-corrected chi connectivity index (χ3v) is 9.65. The Morgan fingerprint density at radius 3 is 2.76 bits per heavy atom. The van der Waals surface area contributed by atoms with E-state index in [2.05, 4.69) is 26.6 Å². The smallest absolute Gasteiger partial charge is 0.266 e. The molecule has 38 heavy (non-hydrogen) atoms. The highest BCUT2D eigenvalue weighted by molar-refractivity contribution is 7.99. The molecule has 3 N–H and O–H groups in total. The van der Waals surface area contributed by atoms with Gasteiger partial charge in [0.25, 0.3) is 5.56 Å². The van der Waals surface area contributed by atoms with Crippen molar-refractivity contribution in [3.63, 3.8) is 0 Å². The lowest BCUT2D eigenvalue weighted by Gasteiger charge is -2.47. The number of aryl methyl sites for hydroxylation is 1. The Hall–Kier alpha value is -2.53. The lowest BCUT2D eigenvalue weighted by Crippen LogP contribution is -2.59. The van der Waals surface area contributed by atoms with Gasteiger partial charge in [-0.05, 0) is 56.2 Å². The number of piperidine rings is 1. The minimum Gasteiger partial charge on any atom is -0.393 e. The summed E-state index contributed by atoms with van der Waals surface area (Å²) in [5, 5.41) is 18.9. The second-order valence-electron chi connectivity index (χ2n) is 10.9. The fourth-order valence-corrected chi connectivity index (χ4v) is 7.48. The van der Waals surface area contributed by atoms with E-state index in [-0.39, 0.29) is 23.7 Å². The Morgan fingerprint density at radius 2 is 2.00 bits per heavy atom. The Bertz CT molecular complexity index is 1450. The summed E-state index contributed by atoms with van der Waals surface area (Å²) in [5.41, 5.74) is 2.71. The van der Waals surface area contributed by atoms with Gasteiger partial charge in [-0.25, -0.2) is 4.98 Å². The summed E-state index contributed by atoms with van der Waals surface area (Å²) in [7, 11) is 1.84. The standard InChI is InChI=1S/C27H31ClN6O3S/c1-33-22-5-4-15(8-19(22)23-24(26(33)36)38-7-6-21(31-23)14-2-3-14)30-25-20(28)11-29-27(32-25)34-16-9-18(35)10-17(34)13-37-12-16/h4-5,8,11,14,16-18,21,31,35H,2-3,6-7,9-10,12-13H2,1H3,(H,29,30,32)/t16-,17+,18?,21-/m1/s1. The van der Waals surface area contributed by atoms with E-state index in [0.717, 1.165) is 39.3 Å². The molecule has 4 aliphatic rings. The molecule has 3 aromatic rings. The quantitative estimate of drug-likeness (QED) is 0.439. The molecule has 3 aliphatic heterocycles. The predicted molar refractivity (Wildman–Crippen MR) is 151 cm³/mol. The van der Waals surface area contributed by atoms with E-state index in [9.17, 15) is 9.90 Å². The number of pyridine rings is 1. The number of benzene rings is 1. The van der Waals surface area contributed by atoms with E-state index in [0.29, 0.717) is 54.8 Å². The molecule has 2 bridgehead atoms. The van der Waals surface area contributed by atoms with Gasteiger partial charge in [-0.2, -0.15) is 4.98 Å². The van der Waals surface area contributed by atoms with E-state index in [1.54, 1.807) is 22.5 Å². The summed E-state index contributed by atoms with van der Waals surface area (Å²) < 4.78 is 7.49. The first-order valence-electron chi connectivity index (χ1n) is 13.4. The Kier molecular flexibility index (Phi) is 6.18. The van der Waals surface area contributed by atoms with Crippen LogP contribution >= 0.6 is 23.4 Å². The van der Waals surface area contributed by atoms with Crippen molar-refractivity contribution in [1.29, 1.82) is 0 Å². The van der Waals surface area contributed by atoms with Crippen molar-refractivity contribution in [3.05, 3.63) is 39.8 Å². The van der Waals surface area contributed by atoms with Gasteiger partial charge in [0.15, 0.2) is 5.82 Å². The van der Waals surface area contributed by atoms with E-state index in [1.807, 2.05) is 19.2 Å². The summed E-state index contributed by atoms with van der Waals surface area (Å²) in [4.78, 5) is 25.5. The molecule has 2 saturated heterocycles. The number of rotatable bonds is 4. The van der Waals surface area contributed by atoms with Crippen LogP contribution in [0.3, 0.4) is 0 Å². The molecule has 0 amide bonds. The molecule has 11 heteroatoms. The van der Waals surface area contributed by atoms with E-state index in [1.165, 1.54) is 12.8 Å². The zero-order valence-electron chi connectivity index (χ0n) is 21.2. The molecule has 2 aromatic heterocycles. The van der Waals surface area contributed by atoms with Gasteiger partial charge in [0.1, 0.15) is 5.02 Å². The van der Waals surface area contributed by atoms with E-state index >= 15 is 0 Å². The first-order chi connectivity index (χ1) is 18.5. The summed E-state index contributed by atoms with van der Waals surface area (Å²) in [6, 6.07) is 6.48. The van der Waals surface area contributed by atoms with Crippen LogP contribution in [0, 0.1) is 5.92 Å². The Morgan fingerprint density at radius 1 is 1.21 bits per heavy atom. The van der Waals surface area contributed by atoms with Crippen LogP contribution in [0.4, 0.5) is 23.1 Å². The molecular weight excluding hydrogens is 524 g/mol. The monoisotopic (exact) mass is 554 g/mol. The second kappa shape index (κ2) is 9.59. The molecule has 1 aromatic carbocycles. The number of thioether (sulfide) groups is 1. The number of anilines is 4. The molecule has 4 atom stereocenters. The summed E-state index contributed by atoms with van der Waals surface area (Å²) in [6.07, 6.45) is 6.14. The Labute approximate surface area is 229 Å². The topological polar surface area (TPSA) is 105 Å². The largest absolute Gasteiger partial charge is 0.393 e. The van der Waals surface area contributed by atoms with Crippen molar-refractivity contribution in [3.8, 4) is 0 Å². The van der Waals surface area contributed by atoms with Crippen molar-refractivity contribution in [2.24, 2.45) is 13.0 Å². The predicted octanol–water partition coefficient (Wildman–Crippen LogP) is 4.14. The number of halogens is 1. The third kappa shape index (κ3) is 4.31. The second-order valence-corrected chi connectivity index (χ2v) is 12.4. The fourth-order valence-electron chi connectivity index (χ4n) is 6.19. The first-order valence-corrected chi connectivity index (χ1v) is 14.7. The maximum atomic E-state index is 13.2.